The summed E-state index contributed by atoms with van der Waals surface area (Å²) < 4.78 is 10.7. The van der Waals surface area contributed by atoms with Gasteiger partial charge in [-0.1, -0.05) is 41.9 Å². The summed E-state index contributed by atoms with van der Waals surface area (Å²) in [6.07, 6.45) is 0. The largest absolute Gasteiger partial charge is 0.508 e. The fourth-order valence-corrected chi connectivity index (χ4v) is 4.90. The standard InChI is InChI=1S/C31H25ClN2O6/c1-39-25-17-26(40-2)24(32)16-23(25)29(36)27-28(18-8-14-22(35)15-9-18)34(31(38)30(27)37)21-12-10-20(11-13-21)33-19-6-4-3-5-7-19/h3-17,28,33,35-36H,1-2H3/b29-27+. The first-order valence-electron chi connectivity index (χ1n) is 12.3. The first-order valence-corrected chi connectivity index (χ1v) is 12.6. The van der Waals surface area contributed by atoms with Crippen molar-refractivity contribution in [1.29, 1.82) is 0 Å². The van der Waals surface area contributed by atoms with Crippen LogP contribution in [0.25, 0.3) is 5.76 Å². The Balaban J connectivity index is 1.63. The van der Waals surface area contributed by atoms with E-state index in [4.69, 9.17) is 21.1 Å². The molecule has 0 saturated carbocycles. The van der Waals surface area contributed by atoms with E-state index in [-0.39, 0.29) is 27.7 Å². The molecule has 0 aliphatic carbocycles. The van der Waals surface area contributed by atoms with Crippen LogP contribution in [0.2, 0.25) is 5.02 Å². The molecule has 40 heavy (non-hydrogen) atoms. The minimum absolute atomic E-state index is 0.0145. The number of carbonyl (C=O) groups excluding carboxylic acids is 2. The lowest BCUT2D eigenvalue weighted by atomic mass is 9.94. The lowest BCUT2D eigenvalue weighted by molar-refractivity contribution is -0.132. The van der Waals surface area contributed by atoms with Crippen LogP contribution in [-0.4, -0.2) is 36.1 Å². The number of ether oxygens (including phenoxy) is 2. The second-order valence-electron chi connectivity index (χ2n) is 8.99. The van der Waals surface area contributed by atoms with E-state index < -0.39 is 23.5 Å². The van der Waals surface area contributed by atoms with E-state index in [0.29, 0.717) is 17.0 Å². The fraction of sp³-hybridized carbons (Fsp3) is 0.0968. The number of para-hydroxylation sites is 1. The molecule has 9 heteroatoms. The highest BCUT2D eigenvalue weighted by atomic mass is 35.5. The van der Waals surface area contributed by atoms with Crippen molar-refractivity contribution in [3.05, 3.63) is 113 Å². The van der Waals surface area contributed by atoms with Crippen LogP contribution >= 0.6 is 11.6 Å². The Morgan fingerprint density at radius 1 is 0.850 bits per heavy atom. The average molecular weight is 557 g/mol. The molecule has 1 saturated heterocycles. The number of rotatable bonds is 7. The van der Waals surface area contributed by atoms with E-state index >= 15 is 0 Å². The summed E-state index contributed by atoms with van der Waals surface area (Å²) in [5.41, 5.74) is 2.59. The summed E-state index contributed by atoms with van der Waals surface area (Å²) in [7, 11) is 2.84. The van der Waals surface area contributed by atoms with Gasteiger partial charge in [-0.25, -0.2) is 0 Å². The number of Topliss-reactive ketones (excluding diaryl/α,β-unsaturated/α-hetero) is 1. The van der Waals surface area contributed by atoms with Crippen molar-refractivity contribution in [3.63, 3.8) is 0 Å². The van der Waals surface area contributed by atoms with Gasteiger partial charge < -0.3 is 25.0 Å². The van der Waals surface area contributed by atoms with E-state index in [1.54, 1.807) is 36.4 Å². The number of ketones is 1. The van der Waals surface area contributed by atoms with Crippen LogP contribution in [0, 0.1) is 0 Å². The first-order chi connectivity index (χ1) is 19.3. The van der Waals surface area contributed by atoms with Gasteiger partial charge in [0.25, 0.3) is 11.7 Å². The smallest absolute Gasteiger partial charge is 0.300 e. The molecule has 1 aliphatic heterocycles. The number of aromatic hydroxyl groups is 1. The lowest BCUT2D eigenvalue weighted by Crippen LogP contribution is -2.29. The molecule has 1 unspecified atom stereocenters. The van der Waals surface area contributed by atoms with Gasteiger partial charge in [-0.2, -0.15) is 0 Å². The maximum absolute atomic E-state index is 13.5. The van der Waals surface area contributed by atoms with Crippen LogP contribution in [0.1, 0.15) is 17.2 Å². The molecule has 0 aromatic heterocycles. The Hall–Kier alpha value is -4.95. The number of nitrogens with one attached hydrogen (secondary N) is 1. The zero-order valence-electron chi connectivity index (χ0n) is 21.6. The fourth-order valence-electron chi connectivity index (χ4n) is 4.65. The van der Waals surface area contributed by atoms with Gasteiger partial charge in [0.1, 0.15) is 23.0 Å². The average Bonchev–Trinajstić information content (AvgIpc) is 3.23. The highest BCUT2D eigenvalue weighted by Crippen LogP contribution is 2.45. The predicted molar refractivity (Wildman–Crippen MR) is 154 cm³/mol. The van der Waals surface area contributed by atoms with Crippen molar-refractivity contribution in [3.8, 4) is 17.2 Å². The zero-order valence-corrected chi connectivity index (χ0v) is 22.3. The van der Waals surface area contributed by atoms with Gasteiger partial charge in [-0.05, 0) is 60.2 Å². The van der Waals surface area contributed by atoms with Gasteiger partial charge in [-0.15, -0.1) is 0 Å². The number of anilines is 3. The van der Waals surface area contributed by atoms with Crippen molar-refractivity contribution in [1.82, 2.24) is 0 Å². The molecule has 4 aromatic carbocycles. The number of hydrogen-bond acceptors (Lipinski definition) is 7. The second kappa shape index (κ2) is 11.0. The second-order valence-corrected chi connectivity index (χ2v) is 9.39. The van der Waals surface area contributed by atoms with Crippen molar-refractivity contribution < 1.29 is 29.3 Å². The van der Waals surface area contributed by atoms with Gasteiger partial charge in [0, 0.05) is 23.1 Å². The molecule has 5 rings (SSSR count). The number of aliphatic hydroxyl groups is 1. The molecule has 8 nitrogen and oxygen atoms in total. The van der Waals surface area contributed by atoms with E-state index in [2.05, 4.69) is 5.32 Å². The van der Waals surface area contributed by atoms with Crippen LogP contribution in [0.4, 0.5) is 17.1 Å². The molecule has 1 heterocycles. The quantitative estimate of drug-likeness (QED) is 0.137. The van der Waals surface area contributed by atoms with Crippen molar-refractivity contribution in [2.75, 3.05) is 24.4 Å². The Labute approximate surface area is 235 Å². The monoisotopic (exact) mass is 556 g/mol. The van der Waals surface area contributed by atoms with Gasteiger partial charge in [-0.3, -0.25) is 14.5 Å². The molecule has 1 aliphatic rings. The number of halogens is 1. The molecule has 0 spiro atoms. The molecule has 0 radical (unpaired) electrons. The molecular formula is C31H25ClN2O6. The number of benzene rings is 4. The van der Waals surface area contributed by atoms with Gasteiger partial charge in [0.2, 0.25) is 0 Å². The van der Waals surface area contributed by atoms with Crippen LogP contribution in [0.5, 0.6) is 17.2 Å². The number of methoxy groups -OCH3 is 2. The third kappa shape index (κ3) is 4.92. The van der Waals surface area contributed by atoms with Gasteiger partial charge >= 0.3 is 0 Å². The number of nitrogens with zero attached hydrogens (tertiary/aromatic N) is 1. The molecule has 1 fully saturated rings. The van der Waals surface area contributed by atoms with Crippen LogP contribution in [0.3, 0.4) is 0 Å². The summed E-state index contributed by atoms with van der Waals surface area (Å²) in [5, 5.41) is 24.9. The van der Waals surface area contributed by atoms with E-state index in [1.807, 2.05) is 30.3 Å². The molecule has 1 atom stereocenters. The van der Waals surface area contributed by atoms with E-state index in [1.165, 1.54) is 43.4 Å². The van der Waals surface area contributed by atoms with Crippen molar-refractivity contribution in [2.24, 2.45) is 0 Å². The molecule has 3 N–H and O–H groups in total. The normalized spacial score (nSPS) is 16.2. The Kier molecular flexibility index (Phi) is 7.35. The molecule has 0 bridgehead atoms. The van der Waals surface area contributed by atoms with Crippen LogP contribution < -0.4 is 19.7 Å². The first kappa shape index (κ1) is 26.6. The van der Waals surface area contributed by atoms with Crippen molar-refractivity contribution in [2.45, 2.75) is 6.04 Å². The highest BCUT2D eigenvalue weighted by molar-refractivity contribution is 6.51. The van der Waals surface area contributed by atoms with Gasteiger partial charge in [0.05, 0.1) is 36.4 Å². The minimum Gasteiger partial charge on any atom is -0.508 e. The Morgan fingerprint density at radius 2 is 1.48 bits per heavy atom. The maximum atomic E-state index is 13.5. The van der Waals surface area contributed by atoms with E-state index in [9.17, 15) is 19.8 Å². The Morgan fingerprint density at radius 3 is 2.10 bits per heavy atom. The lowest BCUT2D eigenvalue weighted by Gasteiger charge is -2.26. The summed E-state index contributed by atoms with van der Waals surface area (Å²) in [5.74, 6) is -1.62. The number of amides is 1. The SMILES string of the molecule is COc1cc(OC)c(/C(O)=C2\C(=O)C(=O)N(c3ccc(Nc4ccccc4)cc3)C2c2ccc(O)cc2)cc1Cl. The van der Waals surface area contributed by atoms with Gasteiger partial charge in [0.15, 0.2) is 0 Å². The highest BCUT2D eigenvalue weighted by Gasteiger charge is 2.47. The van der Waals surface area contributed by atoms with Crippen LogP contribution in [-0.2, 0) is 9.59 Å². The topological polar surface area (TPSA) is 108 Å². The molecule has 4 aromatic rings. The number of carbonyl (C=O) groups is 2. The Bertz CT molecular complexity index is 1600. The number of aliphatic hydroxyl groups excluding tert-OH is 1. The third-order valence-electron chi connectivity index (χ3n) is 6.59. The molecule has 202 valence electrons. The molecule has 1 amide bonds. The number of phenols is 1. The maximum Gasteiger partial charge on any atom is 0.300 e. The minimum atomic E-state index is -1.00. The number of phenolic OH excluding ortho intramolecular Hbond substituents is 1. The zero-order chi connectivity index (χ0) is 28.4. The summed E-state index contributed by atoms with van der Waals surface area (Å²) in [4.78, 5) is 28.3. The predicted octanol–water partition coefficient (Wildman–Crippen LogP) is 6.43. The number of hydrogen-bond donors (Lipinski definition) is 3. The summed E-state index contributed by atoms with van der Waals surface area (Å²) in [6, 6.07) is 24.6. The van der Waals surface area contributed by atoms with E-state index in [0.717, 1.165) is 11.4 Å². The van der Waals surface area contributed by atoms with Crippen LogP contribution in [0.15, 0.2) is 96.6 Å². The molecular weight excluding hydrogens is 532 g/mol. The third-order valence-corrected chi connectivity index (χ3v) is 6.89. The van der Waals surface area contributed by atoms with Crippen molar-refractivity contribution >= 4 is 46.1 Å². The summed E-state index contributed by atoms with van der Waals surface area (Å²) in [6.45, 7) is 0. The summed E-state index contributed by atoms with van der Waals surface area (Å²) >= 11 is 6.33.